The van der Waals surface area contributed by atoms with Crippen molar-refractivity contribution in [2.75, 3.05) is 5.75 Å². The third-order valence-corrected chi connectivity index (χ3v) is 2.64. The van der Waals surface area contributed by atoms with Crippen molar-refractivity contribution < 1.29 is 4.79 Å². The van der Waals surface area contributed by atoms with Gasteiger partial charge in [-0.3, -0.25) is 9.78 Å². The topological polar surface area (TPSA) is 54.4 Å². The zero-order valence-corrected chi connectivity index (χ0v) is 8.60. The zero-order chi connectivity index (χ0) is 9.97. The normalized spacial score (nSPS) is 16.1. The molecule has 0 fully saturated rings. The Morgan fingerprint density at radius 1 is 1.50 bits per heavy atom. The van der Waals surface area contributed by atoms with Crippen LogP contribution in [-0.4, -0.2) is 21.7 Å². The van der Waals surface area contributed by atoms with Crippen LogP contribution in [-0.2, 0) is 0 Å². The van der Waals surface area contributed by atoms with Crippen LogP contribution in [0.3, 0.4) is 0 Å². The SMILES string of the molecule is O=C1NN=C(c2cncc(Cl)c2)CS1. The third-order valence-electron chi connectivity index (χ3n) is 1.66. The molecule has 0 aromatic carbocycles. The molecule has 0 aliphatic carbocycles. The van der Waals surface area contributed by atoms with E-state index >= 15 is 0 Å². The molecule has 0 unspecified atom stereocenters. The number of halogens is 1. The summed E-state index contributed by atoms with van der Waals surface area (Å²) in [5, 5.41) is 4.35. The second-order valence-electron chi connectivity index (χ2n) is 2.64. The van der Waals surface area contributed by atoms with Gasteiger partial charge in [0.1, 0.15) is 0 Å². The number of hydrazone groups is 1. The van der Waals surface area contributed by atoms with Crippen LogP contribution in [0.2, 0.25) is 5.02 Å². The number of nitrogens with one attached hydrogen (secondary N) is 1. The molecule has 0 bridgehead atoms. The molecule has 14 heavy (non-hydrogen) atoms. The summed E-state index contributed by atoms with van der Waals surface area (Å²) in [6.07, 6.45) is 3.23. The molecule has 4 nitrogen and oxygen atoms in total. The minimum Gasteiger partial charge on any atom is -0.262 e. The van der Waals surface area contributed by atoms with Crippen molar-refractivity contribution in [3.8, 4) is 0 Å². The maximum Gasteiger partial charge on any atom is 0.299 e. The molecule has 72 valence electrons. The molecule has 6 heteroatoms. The highest BCUT2D eigenvalue weighted by Crippen LogP contribution is 2.15. The Morgan fingerprint density at radius 2 is 2.36 bits per heavy atom. The Labute approximate surface area is 89.7 Å². The van der Waals surface area contributed by atoms with E-state index in [2.05, 4.69) is 15.5 Å². The molecule has 0 atom stereocenters. The molecule has 1 N–H and O–H groups in total. The Bertz CT molecular complexity index is 407. The number of hydrogen-bond acceptors (Lipinski definition) is 4. The number of amides is 1. The number of carbonyl (C=O) groups is 1. The Balaban J connectivity index is 2.27. The summed E-state index contributed by atoms with van der Waals surface area (Å²) in [6, 6.07) is 1.77. The smallest absolute Gasteiger partial charge is 0.262 e. The maximum absolute atomic E-state index is 10.8. The van der Waals surface area contributed by atoms with Gasteiger partial charge in [-0.25, -0.2) is 5.43 Å². The van der Waals surface area contributed by atoms with Gasteiger partial charge in [-0.1, -0.05) is 23.4 Å². The number of thioether (sulfide) groups is 1. The predicted octanol–water partition coefficient (Wildman–Crippen LogP) is 1.90. The summed E-state index contributed by atoms with van der Waals surface area (Å²) in [5.74, 6) is 0.549. The van der Waals surface area contributed by atoms with Gasteiger partial charge in [0.05, 0.1) is 10.7 Å². The average molecular weight is 228 g/mol. The number of rotatable bonds is 1. The van der Waals surface area contributed by atoms with E-state index in [0.29, 0.717) is 10.8 Å². The molecular formula is C8H6ClN3OS. The minimum atomic E-state index is -0.135. The van der Waals surface area contributed by atoms with Crippen LogP contribution in [0.4, 0.5) is 4.79 Å². The average Bonchev–Trinajstić information content (AvgIpc) is 2.19. The fraction of sp³-hybridized carbons (Fsp3) is 0.125. The number of aromatic nitrogens is 1. The Kier molecular flexibility index (Phi) is 2.69. The van der Waals surface area contributed by atoms with Crippen LogP contribution in [0.5, 0.6) is 0 Å². The molecule has 1 aliphatic heterocycles. The summed E-state index contributed by atoms with van der Waals surface area (Å²) < 4.78 is 0. The number of carbonyl (C=O) groups excluding carboxylic acids is 1. The van der Waals surface area contributed by atoms with Crippen molar-refractivity contribution in [3.63, 3.8) is 0 Å². The lowest BCUT2D eigenvalue weighted by Crippen LogP contribution is -2.23. The van der Waals surface area contributed by atoms with E-state index in [4.69, 9.17) is 11.6 Å². The van der Waals surface area contributed by atoms with Crippen molar-refractivity contribution in [3.05, 3.63) is 29.0 Å². The van der Waals surface area contributed by atoms with Crippen LogP contribution in [0.15, 0.2) is 23.6 Å². The number of hydrogen-bond donors (Lipinski definition) is 1. The van der Waals surface area contributed by atoms with Gasteiger partial charge in [0.2, 0.25) is 0 Å². The van der Waals surface area contributed by atoms with E-state index in [9.17, 15) is 4.79 Å². The lowest BCUT2D eigenvalue weighted by molar-refractivity contribution is 0.261. The lowest BCUT2D eigenvalue weighted by Gasteiger charge is -2.10. The van der Waals surface area contributed by atoms with Gasteiger partial charge in [0.25, 0.3) is 5.24 Å². The van der Waals surface area contributed by atoms with Gasteiger partial charge in [-0.05, 0) is 6.07 Å². The first kappa shape index (κ1) is 9.48. The van der Waals surface area contributed by atoms with Crippen LogP contribution in [0, 0.1) is 0 Å². The highest BCUT2D eigenvalue weighted by Gasteiger charge is 2.13. The molecule has 0 saturated heterocycles. The van der Waals surface area contributed by atoms with Crippen LogP contribution >= 0.6 is 23.4 Å². The second-order valence-corrected chi connectivity index (χ2v) is 4.02. The van der Waals surface area contributed by atoms with Gasteiger partial charge in [0.15, 0.2) is 0 Å². The summed E-state index contributed by atoms with van der Waals surface area (Å²) in [4.78, 5) is 14.8. The van der Waals surface area contributed by atoms with Crippen molar-refractivity contribution >= 4 is 34.3 Å². The molecule has 0 radical (unpaired) electrons. The monoisotopic (exact) mass is 227 g/mol. The quantitative estimate of drug-likeness (QED) is 0.797. The summed E-state index contributed by atoms with van der Waals surface area (Å²) in [5.41, 5.74) is 4.01. The van der Waals surface area contributed by atoms with Gasteiger partial charge < -0.3 is 0 Å². The third kappa shape index (κ3) is 2.05. The van der Waals surface area contributed by atoms with E-state index in [1.54, 1.807) is 18.5 Å². The standard InChI is InChI=1S/C8H6ClN3OS/c9-6-1-5(2-10-3-6)7-4-14-8(13)12-11-7/h1-3H,4H2,(H,12,13). The molecule has 1 aliphatic rings. The predicted molar refractivity (Wildman–Crippen MR) is 56.8 cm³/mol. The molecular weight excluding hydrogens is 222 g/mol. The molecule has 2 rings (SSSR count). The zero-order valence-electron chi connectivity index (χ0n) is 7.03. The van der Waals surface area contributed by atoms with Crippen molar-refractivity contribution in [2.45, 2.75) is 0 Å². The van der Waals surface area contributed by atoms with Crippen molar-refractivity contribution in [1.29, 1.82) is 0 Å². The van der Waals surface area contributed by atoms with E-state index in [-0.39, 0.29) is 5.24 Å². The first-order chi connectivity index (χ1) is 6.75. The fourth-order valence-electron chi connectivity index (χ4n) is 1.03. The second kappa shape index (κ2) is 3.98. The highest BCUT2D eigenvalue weighted by atomic mass is 35.5. The van der Waals surface area contributed by atoms with E-state index in [1.165, 1.54) is 11.8 Å². The number of pyridine rings is 1. The van der Waals surface area contributed by atoms with E-state index in [0.717, 1.165) is 11.3 Å². The molecule has 1 aromatic heterocycles. The largest absolute Gasteiger partial charge is 0.299 e. The molecule has 2 heterocycles. The van der Waals surface area contributed by atoms with Crippen LogP contribution in [0.25, 0.3) is 0 Å². The summed E-state index contributed by atoms with van der Waals surface area (Å²) in [6.45, 7) is 0. The molecule has 1 aromatic rings. The Morgan fingerprint density at radius 3 is 3.00 bits per heavy atom. The minimum absolute atomic E-state index is 0.135. The molecule has 1 amide bonds. The molecule has 0 saturated carbocycles. The summed E-state index contributed by atoms with van der Waals surface area (Å²) in [7, 11) is 0. The van der Waals surface area contributed by atoms with Gasteiger partial charge in [-0.2, -0.15) is 5.10 Å². The lowest BCUT2D eigenvalue weighted by atomic mass is 10.2. The first-order valence-corrected chi connectivity index (χ1v) is 5.22. The highest BCUT2D eigenvalue weighted by molar-refractivity contribution is 8.14. The van der Waals surface area contributed by atoms with Gasteiger partial charge in [-0.15, -0.1) is 0 Å². The van der Waals surface area contributed by atoms with Gasteiger partial charge >= 0.3 is 0 Å². The fourth-order valence-corrected chi connectivity index (χ4v) is 1.81. The van der Waals surface area contributed by atoms with Gasteiger partial charge in [0, 0.05) is 23.7 Å². The van der Waals surface area contributed by atoms with Crippen LogP contribution < -0.4 is 5.43 Å². The first-order valence-electron chi connectivity index (χ1n) is 3.86. The van der Waals surface area contributed by atoms with Crippen LogP contribution in [0.1, 0.15) is 5.56 Å². The van der Waals surface area contributed by atoms with E-state index in [1.807, 2.05) is 0 Å². The van der Waals surface area contributed by atoms with Crippen molar-refractivity contribution in [2.24, 2.45) is 5.10 Å². The number of nitrogens with zero attached hydrogens (tertiary/aromatic N) is 2. The summed E-state index contributed by atoms with van der Waals surface area (Å²) >= 11 is 6.96. The van der Waals surface area contributed by atoms with E-state index < -0.39 is 0 Å². The maximum atomic E-state index is 10.8. The molecule has 0 spiro atoms. The van der Waals surface area contributed by atoms with Crippen molar-refractivity contribution in [1.82, 2.24) is 10.4 Å². The Hall–Kier alpha value is -1.07.